The van der Waals surface area contributed by atoms with Crippen molar-refractivity contribution in [1.82, 2.24) is 0 Å². The number of hydrogen-bond donors (Lipinski definition) is 0. The molecule has 1 atom stereocenters. The molecule has 0 heterocycles. The summed E-state index contributed by atoms with van der Waals surface area (Å²) in [6.45, 7) is 31.7. The van der Waals surface area contributed by atoms with Gasteiger partial charge in [-0.25, -0.2) is 0 Å². The molecule has 0 N–H and O–H groups in total. The predicted octanol–water partition coefficient (Wildman–Crippen LogP) is 6.49. The van der Waals surface area contributed by atoms with Gasteiger partial charge in [-0.2, -0.15) is 0 Å². The van der Waals surface area contributed by atoms with Crippen LogP contribution in [0, 0.1) is 28.1 Å². The Kier molecular flexibility index (Phi) is 5.31. The molecular formula is C19H36. The molecule has 1 unspecified atom stereocenters. The van der Waals surface area contributed by atoms with Crippen molar-refractivity contribution < 1.29 is 0 Å². The van der Waals surface area contributed by atoms with E-state index in [-0.39, 0.29) is 16.2 Å². The highest BCUT2D eigenvalue weighted by Crippen LogP contribution is 2.48. The first-order chi connectivity index (χ1) is 8.10. The maximum atomic E-state index is 4.43. The van der Waals surface area contributed by atoms with Crippen LogP contribution in [0.15, 0.2) is 24.3 Å². The van der Waals surface area contributed by atoms with Gasteiger partial charge in [0.25, 0.3) is 0 Å². The van der Waals surface area contributed by atoms with Gasteiger partial charge in [0.2, 0.25) is 0 Å². The molecule has 0 aliphatic heterocycles. The first kappa shape index (κ1) is 18.5. The lowest BCUT2D eigenvalue weighted by molar-refractivity contribution is 0.187. The van der Waals surface area contributed by atoms with Gasteiger partial charge in [-0.05, 0) is 22.2 Å². The van der Waals surface area contributed by atoms with Crippen LogP contribution in [0.25, 0.3) is 0 Å². The highest BCUT2D eigenvalue weighted by atomic mass is 14.4. The summed E-state index contributed by atoms with van der Waals surface area (Å²) in [6.07, 6.45) is 0. The molecule has 0 aliphatic carbocycles. The van der Waals surface area contributed by atoms with Gasteiger partial charge < -0.3 is 0 Å². The number of hydrogen-bond acceptors (Lipinski definition) is 0. The van der Waals surface area contributed by atoms with Crippen molar-refractivity contribution in [3.8, 4) is 0 Å². The summed E-state index contributed by atoms with van der Waals surface area (Å²) >= 11 is 0. The van der Waals surface area contributed by atoms with Crippen LogP contribution in [0.5, 0.6) is 0 Å². The summed E-state index contributed by atoms with van der Waals surface area (Å²) in [5, 5.41) is 0. The van der Waals surface area contributed by atoms with Gasteiger partial charge in [-0.15, -0.1) is 0 Å². The fourth-order valence-electron chi connectivity index (χ4n) is 2.25. The van der Waals surface area contributed by atoms with Crippen molar-refractivity contribution in [3.05, 3.63) is 24.3 Å². The molecule has 0 amide bonds. The molecule has 19 heavy (non-hydrogen) atoms. The molecular weight excluding hydrogens is 228 g/mol. The van der Waals surface area contributed by atoms with Crippen LogP contribution in [0.2, 0.25) is 0 Å². The lowest BCUT2D eigenvalue weighted by atomic mass is 9.61. The largest absolute Gasteiger partial charge is 0.0987 e. The van der Waals surface area contributed by atoms with E-state index in [4.69, 9.17) is 0 Å². The second-order valence-electron chi connectivity index (χ2n) is 9.18. The van der Waals surface area contributed by atoms with E-state index in [9.17, 15) is 0 Å². The highest BCUT2D eigenvalue weighted by Gasteiger charge is 2.38. The third-order valence-electron chi connectivity index (χ3n) is 4.54. The van der Waals surface area contributed by atoms with E-state index in [1.807, 2.05) is 0 Å². The summed E-state index contributed by atoms with van der Waals surface area (Å²) in [7, 11) is 0. The van der Waals surface area contributed by atoms with Crippen molar-refractivity contribution in [1.29, 1.82) is 0 Å². The van der Waals surface area contributed by atoms with Crippen molar-refractivity contribution in [2.45, 2.75) is 69.2 Å². The van der Waals surface area contributed by atoms with Crippen LogP contribution in [-0.2, 0) is 0 Å². The van der Waals surface area contributed by atoms with Crippen LogP contribution in [0.3, 0.4) is 0 Å². The van der Waals surface area contributed by atoms with Crippen molar-refractivity contribution in [3.63, 3.8) is 0 Å². The second kappa shape index (κ2) is 5.46. The Bertz CT molecular complexity index is 310. The lowest BCUT2D eigenvalue weighted by Crippen LogP contribution is -2.34. The molecule has 0 bridgehead atoms. The van der Waals surface area contributed by atoms with E-state index in [1.54, 1.807) is 0 Å². The Hall–Kier alpha value is -0.520. The first-order valence-corrected chi connectivity index (χ1v) is 7.48. The smallest absolute Gasteiger partial charge is 0.00427 e. The maximum Gasteiger partial charge on any atom is 0.00427 e. The molecule has 0 aromatic carbocycles. The topological polar surface area (TPSA) is 0 Å². The van der Waals surface area contributed by atoms with Crippen LogP contribution in [0.1, 0.15) is 69.2 Å². The fraction of sp³-hybridized carbons (Fsp3) is 0.789. The average molecular weight is 264 g/mol. The van der Waals surface area contributed by atoms with Crippen molar-refractivity contribution in [2.24, 2.45) is 28.1 Å². The van der Waals surface area contributed by atoms with E-state index in [0.717, 1.165) is 0 Å². The Morgan fingerprint density at radius 3 is 1.11 bits per heavy atom. The standard InChI is InChI=1S/C19H36/c1-13(17(4,5)6)16(14(2)18(7,8)9)15(3)19(10,11)12/h15-16H,1-2H2,3-12H3. The van der Waals surface area contributed by atoms with Crippen LogP contribution in [-0.4, -0.2) is 0 Å². The zero-order chi connectivity index (χ0) is 15.8. The van der Waals surface area contributed by atoms with Crippen LogP contribution in [0.4, 0.5) is 0 Å². The fourth-order valence-corrected chi connectivity index (χ4v) is 2.25. The Morgan fingerprint density at radius 1 is 0.684 bits per heavy atom. The van der Waals surface area contributed by atoms with Crippen molar-refractivity contribution >= 4 is 0 Å². The average Bonchev–Trinajstić information content (AvgIpc) is 2.13. The van der Waals surface area contributed by atoms with Crippen molar-refractivity contribution in [2.75, 3.05) is 0 Å². The Morgan fingerprint density at radius 2 is 0.947 bits per heavy atom. The van der Waals surface area contributed by atoms with E-state index in [0.29, 0.717) is 11.8 Å². The second-order valence-corrected chi connectivity index (χ2v) is 9.18. The quantitative estimate of drug-likeness (QED) is 0.511. The zero-order valence-corrected chi connectivity index (χ0v) is 15.1. The number of allylic oxidation sites excluding steroid dienone is 2. The van der Waals surface area contributed by atoms with E-state index >= 15 is 0 Å². The van der Waals surface area contributed by atoms with Gasteiger partial charge in [-0.1, -0.05) is 93.5 Å². The van der Waals surface area contributed by atoms with E-state index in [1.165, 1.54) is 11.1 Å². The molecule has 0 radical (unpaired) electrons. The molecule has 0 aromatic heterocycles. The molecule has 0 aromatic rings. The highest BCUT2D eigenvalue weighted by molar-refractivity contribution is 5.26. The lowest BCUT2D eigenvalue weighted by Gasteiger charge is -2.44. The predicted molar refractivity (Wildman–Crippen MR) is 89.3 cm³/mol. The summed E-state index contributed by atoms with van der Waals surface area (Å²) in [5.74, 6) is 0.908. The van der Waals surface area contributed by atoms with Gasteiger partial charge in [0.15, 0.2) is 0 Å². The summed E-state index contributed by atoms with van der Waals surface area (Å²) in [4.78, 5) is 0. The monoisotopic (exact) mass is 264 g/mol. The van der Waals surface area contributed by atoms with Gasteiger partial charge in [0.1, 0.15) is 0 Å². The minimum atomic E-state index is 0.123. The zero-order valence-electron chi connectivity index (χ0n) is 15.1. The third-order valence-corrected chi connectivity index (χ3v) is 4.54. The normalized spacial score (nSPS) is 15.5. The Labute approximate surface area is 122 Å². The molecule has 0 nitrogen and oxygen atoms in total. The molecule has 0 spiro atoms. The molecule has 0 saturated heterocycles. The van der Waals surface area contributed by atoms with Crippen LogP contribution >= 0.6 is 0 Å². The molecule has 0 fully saturated rings. The molecule has 0 saturated carbocycles. The minimum Gasteiger partial charge on any atom is -0.0987 e. The summed E-state index contributed by atoms with van der Waals surface area (Å²) in [5.41, 5.74) is 3.13. The minimum absolute atomic E-state index is 0.123. The van der Waals surface area contributed by atoms with Gasteiger partial charge in [-0.3, -0.25) is 0 Å². The van der Waals surface area contributed by atoms with Gasteiger partial charge in [0, 0.05) is 5.92 Å². The molecule has 0 heteroatoms. The summed E-state index contributed by atoms with van der Waals surface area (Å²) < 4.78 is 0. The van der Waals surface area contributed by atoms with E-state index in [2.05, 4.69) is 82.4 Å². The first-order valence-electron chi connectivity index (χ1n) is 7.48. The molecule has 112 valence electrons. The Balaban J connectivity index is 5.66. The summed E-state index contributed by atoms with van der Waals surface area (Å²) in [6, 6.07) is 0. The molecule has 0 rings (SSSR count). The SMILES string of the molecule is C=C(C(C(=C)C(C)(C)C)C(C)C(C)(C)C)C(C)(C)C. The van der Waals surface area contributed by atoms with Crippen LogP contribution < -0.4 is 0 Å². The molecule has 0 aliphatic rings. The van der Waals surface area contributed by atoms with Gasteiger partial charge >= 0.3 is 0 Å². The number of rotatable bonds is 3. The maximum absolute atomic E-state index is 4.43. The van der Waals surface area contributed by atoms with Gasteiger partial charge in [0.05, 0.1) is 0 Å². The third kappa shape index (κ3) is 4.82. The van der Waals surface area contributed by atoms with E-state index < -0.39 is 0 Å².